The number of unbranched alkanes of at least 4 members (excludes halogenated alkanes) is 26. The van der Waals surface area contributed by atoms with Crippen LogP contribution in [0.1, 0.15) is 219 Å². The predicted octanol–water partition coefficient (Wildman–Crippen LogP) is 12.7. The van der Waals surface area contributed by atoms with Crippen molar-refractivity contribution in [3.8, 4) is 0 Å². The minimum absolute atomic E-state index is 0.467. The Balaban J connectivity index is 1.97. The zero-order valence-electron chi connectivity index (χ0n) is 28.9. The lowest BCUT2D eigenvalue weighted by molar-refractivity contribution is -0.108. The molecule has 0 aromatic heterocycles. The van der Waals surface area contributed by atoms with Crippen LogP contribution in [-0.4, -0.2) is 24.7 Å². The van der Waals surface area contributed by atoms with Gasteiger partial charge in [0.15, 0.2) is 0 Å². The zero-order valence-corrected chi connectivity index (χ0v) is 28.9. The van der Waals surface area contributed by atoms with E-state index in [-0.39, 0.29) is 0 Å². The second-order valence-corrected chi connectivity index (χ2v) is 13.8. The van der Waals surface area contributed by atoms with E-state index in [1.807, 2.05) is 0 Å². The first-order chi connectivity index (χ1) is 20.8. The molecule has 0 radical (unpaired) electrons. The van der Waals surface area contributed by atoms with Crippen LogP contribution in [0, 0.1) is 5.92 Å². The van der Waals surface area contributed by atoms with Crippen LogP contribution in [0.25, 0.3) is 0 Å². The molecular formula is C39H76N2O. The van der Waals surface area contributed by atoms with Gasteiger partial charge in [-0.25, -0.2) is 0 Å². The first-order valence-corrected chi connectivity index (χ1v) is 19.6. The highest BCUT2D eigenvalue weighted by atomic mass is 16.1. The summed E-state index contributed by atoms with van der Waals surface area (Å²) in [4.78, 5) is 16.0. The molecule has 1 N–H and O–H groups in total. The monoisotopic (exact) mass is 589 g/mol. The topological polar surface area (TPSA) is 41.5 Å². The number of amidine groups is 1. The van der Waals surface area contributed by atoms with Gasteiger partial charge in [-0.15, -0.1) is 0 Å². The van der Waals surface area contributed by atoms with E-state index in [0.29, 0.717) is 18.4 Å². The number of carbonyl (C=O) groups is 1. The third kappa shape index (κ3) is 24.6. The maximum Gasteiger partial charge on any atom is 0.120 e. The Bertz CT molecular complexity index is 589. The van der Waals surface area contributed by atoms with Crippen molar-refractivity contribution in [2.45, 2.75) is 225 Å². The van der Waals surface area contributed by atoms with Gasteiger partial charge in [0.25, 0.3) is 0 Å². The molecule has 1 aliphatic rings. The van der Waals surface area contributed by atoms with E-state index >= 15 is 0 Å². The van der Waals surface area contributed by atoms with Crippen LogP contribution in [-0.2, 0) is 4.79 Å². The quantitative estimate of drug-likeness (QED) is 0.0600. The van der Waals surface area contributed by atoms with Gasteiger partial charge >= 0.3 is 0 Å². The smallest absolute Gasteiger partial charge is 0.120 e. The van der Waals surface area contributed by atoms with Crippen LogP contribution >= 0.6 is 0 Å². The Morgan fingerprint density at radius 1 is 0.571 bits per heavy atom. The lowest BCUT2D eigenvalue weighted by Gasteiger charge is -2.19. The first-order valence-electron chi connectivity index (χ1n) is 19.6. The average Bonchev–Trinajstić information content (AvgIpc) is 3.47. The van der Waals surface area contributed by atoms with E-state index in [0.717, 1.165) is 19.3 Å². The Morgan fingerprint density at radius 2 is 0.952 bits per heavy atom. The third-order valence-electron chi connectivity index (χ3n) is 9.67. The second-order valence-electron chi connectivity index (χ2n) is 13.8. The largest absolute Gasteiger partial charge is 0.369 e. The second kappa shape index (κ2) is 31.6. The van der Waals surface area contributed by atoms with Crippen LogP contribution in [0.3, 0.4) is 0 Å². The van der Waals surface area contributed by atoms with E-state index in [1.165, 1.54) is 198 Å². The summed E-state index contributed by atoms with van der Waals surface area (Å²) in [5.41, 5.74) is 0. The van der Waals surface area contributed by atoms with Crippen LogP contribution in [0.15, 0.2) is 4.99 Å². The van der Waals surface area contributed by atoms with Gasteiger partial charge in [-0.1, -0.05) is 194 Å². The van der Waals surface area contributed by atoms with Crippen molar-refractivity contribution in [1.82, 2.24) is 5.32 Å². The molecule has 0 aliphatic carbocycles. The molecule has 0 amide bonds. The number of rotatable bonds is 34. The zero-order chi connectivity index (χ0) is 30.2. The minimum Gasteiger partial charge on any atom is -0.369 e. The van der Waals surface area contributed by atoms with Crippen molar-refractivity contribution in [3.05, 3.63) is 0 Å². The van der Waals surface area contributed by atoms with Crippen LogP contribution in [0.2, 0.25) is 0 Å². The van der Waals surface area contributed by atoms with E-state index < -0.39 is 0 Å². The van der Waals surface area contributed by atoms with Crippen molar-refractivity contribution >= 4 is 12.1 Å². The molecule has 248 valence electrons. The Hall–Kier alpha value is -0.860. The number of nitrogens with zero attached hydrogens (tertiary/aromatic N) is 1. The SMILES string of the molecule is CCCCCCCCCCCCCCCCCCC1CN=C(C(CCC=O)CCCCCCCCCCCCCC)N1. The highest BCUT2D eigenvalue weighted by Gasteiger charge is 2.23. The average molecular weight is 589 g/mol. The molecule has 1 aliphatic heterocycles. The maximum absolute atomic E-state index is 11.1. The van der Waals surface area contributed by atoms with E-state index in [9.17, 15) is 4.79 Å². The van der Waals surface area contributed by atoms with Crippen LogP contribution in [0.5, 0.6) is 0 Å². The van der Waals surface area contributed by atoms with Crippen LogP contribution < -0.4 is 5.32 Å². The van der Waals surface area contributed by atoms with Crippen molar-refractivity contribution in [1.29, 1.82) is 0 Å². The number of aliphatic imine (C=N–C) groups is 1. The molecule has 3 nitrogen and oxygen atoms in total. The summed E-state index contributed by atoms with van der Waals surface area (Å²) in [6.45, 7) is 5.54. The summed E-state index contributed by atoms with van der Waals surface area (Å²) >= 11 is 0. The van der Waals surface area contributed by atoms with Gasteiger partial charge in [0.05, 0.1) is 12.4 Å². The van der Waals surface area contributed by atoms with Gasteiger partial charge in [0.2, 0.25) is 0 Å². The molecular weight excluding hydrogens is 512 g/mol. The highest BCUT2D eigenvalue weighted by molar-refractivity contribution is 5.86. The van der Waals surface area contributed by atoms with E-state index in [1.54, 1.807) is 0 Å². The van der Waals surface area contributed by atoms with Crippen LogP contribution in [0.4, 0.5) is 0 Å². The number of aldehydes is 1. The van der Waals surface area contributed by atoms with Gasteiger partial charge in [-0.2, -0.15) is 0 Å². The maximum atomic E-state index is 11.1. The first kappa shape index (κ1) is 39.2. The number of hydrogen-bond acceptors (Lipinski definition) is 3. The molecule has 0 spiro atoms. The number of nitrogens with one attached hydrogen (secondary N) is 1. The molecule has 42 heavy (non-hydrogen) atoms. The summed E-state index contributed by atoms with van der Waals surface area (Å²) in [6.07, 6.45) is 44.8. The summed E-state index contributed by atoms with van der Waals surface area (Å²) in [6, 6.07) is 0.535. The van der Waals surface area contributed by atoms with Gasteiger partial charge < -0.3 is 10.1 Å². The summed E-state index contributed by atoms with van der Waals surface area (Å²) < 4.78 is 0. The lowest BCUT2D eigenvalue weighted by atomic mass is 9.94. The summed E-state index contributed by atoms with van der Waals surface area (Å²) in [5, 5.41) is 3.78. The molecule has 3 heteroatoms. The van der Waals surface area contributed by atoms with Crippen molar-refractivity contribution < 1.29 is 4.79 Å². The van der Waals surface area contributed by atoms with Gasteiger partial charge in [-0.3, -0.25) is 4.99 Å². The van der Waals surface area contributed by atoms with Crippen molar-refractivity contribution in [3.63, 3.8) is 0 Å². The molecule has 0 fully saturated rings. The summed E-state index contributed by atoms with van der Waals surface area (Å²) in [7, 11) is 0. The molecule has 0 bridgehead atoms. The standard InChI is InChI=1S/C39H76N2O/c1-3-5-7-9-11-13-15-17-18-19-20-22-24-26-28-30-34-38-36-40-39(41-38)37(33-31-35-42)32-29-27-25-23-21-16-14-12-10-8-6-4-2/h35,37-38H,3-34,36H2,1-2H3,(H,40,41). The van der Waals surface area contributed by atoms with E-state index in [4.69, 9.17) is 4.99 Å². The molecule has 0 aromatic carbocycles. The van der Waals surface area contributed by atoms with Gasteiger partial charge in [0.1, 0.15) is 6.29 Å². The third-order valence-corrected chi connectivity index (χ3v) is 9.67. The Labute approximate surface area is 264 Å². The molecule has 2 atom stereocenters. The van der Waals surface area contributed by atoms with Crippen molar-refractivity contribution in [2.75, 3.05) is 6.54 Å². The number of carbonyl (C=O) groups excluding carboxylic acids is 1. The molecule has 0 saturated carbocycles. The fourth-order valence-electron chi connectivity index (χ4n) is 6.78. The lowest BCUT2D eigenvalue weighted by Crippen LogP contribution is -2.34. The Morgan fingerprint density at radius 3 is 1.36 bits per heavy atom. The molecule has 2 unspecified atom stereocenters. The highest BCUT2D eigenvalue weighted by Crippen LogP contribution is 2.22. The normalized spacial score (nSPS) is 15.6. The van der Waals surface area contributed by atoms with E-state index in [2.05, 4.69) is 19.2 Å². The van der Waals surface area contributed by atoms with Gasteiger partial charge in [-0.05, 0) is 19.3 Å². The number of hydrogen-bond donors (Lipinski definition) is 1. The predicted molar refractivity (Wildman–Crippen MR) is 188 cm³/mol. The minimum atomic E-state index is 0.467. The molecule has 0 aromatic rings. The fraction of sp³-hybridized carbons (Fsp3) is 0.949. The molecule has 1 heterocycles. The molecule has 1 rings (SSSR count). The summed E-state index contributed by atoms with van der Waals surface area (Å²) in [5.74, 6) is 1.69. The van der Waals surface area contributed by atoms with Crippen molar-refractivity contribution in [2.24, 2.45) is 10.9 Å². The van der Waals surface area contributed by atoms with Gasteiger partial charge in [0, 0.05) is 18.4 Å². The molecule has 0 saturated heterocycles. The Kier molecular flexibility index (Phi) is 29.4. The fourth-order valence-corrected chi connectivity index (χ4v) is 6.78.